The predicted molar refractivity (Wildman–Crippen MR) is 74.7 cm³/mol. The van der Waals surface area contributed by atoms with Gasteiger partial charge in [-0.3, -0.25) is 14.4 Å². The molecule has 19 heavy (non-hydrogen) atoms. The normalized spacial score (nSPS) is 19.1. The van der Waals surface area contributed by atoms with Crippen LogP contribution < -0.4 is 0 Å². The van der Waals surface area contributed by atoms with E-state index in [2.05, 4.69) is 22.6 Å². The van der Waals surface area contributed by atoms with Gasteiger partial charge in [0, 0.05) is 22.0 Å². The standard InChI is InChI=1S/C13H11IN2O3/c14-10-4-1-3-8-9(10)7-15(13(8)19)16-11(17)5-2-6-12(16)18/h1,3-4H,2,5-7H2. The Morgan fingerprint density at radius 3 is 2.37 bits per heavy atom. The molecule has 2 heterocycles. The van der Waals surface area contributed by atoms with E-state index < -0.39 is 0 Å². The summed E-state index contributed by atoms with van der Waals surface area (Å²) in [7, 11) is 0. The molecule has 0 aliphatic carbocycles. The smallest absolute Gasteiger partial charge is 0.273 e. The van der Waals surface area contributed by atoms with Crippen molar-refractivity contribution in [1.29, 1.82) is 0 Å². The second-order valence-electron chi connectivity index (χ2n) is 4.58. The van der Waals surface area contributed by atoms with Crippen molar-refractivity contribution in [2.24, 2.45) is 0 Å². The number of hydrogen-bond acceptors (Lipinski definition) is 3. The molecule has 1 aromatic rings. The Morgan fingerprint density at radius 1 is 1.05 bits per heavy atom. The van der Waals surface area contributed by atoms with Gasteiger partial charge < -0.3 is 0 Å². The van der Waals surface area contributed by atoms with Crippen molar-refractivity contribution in [2.45, 2.75) is 25.8 Å². The minimum atomic E-state index is -0.285. The van der Waals surface area contributed by atoms with E-state index in [4.69, 9.17) is 0 Å². The zero-order chi connectivity index (χ0) is 13.6. The van der Waals surface area contributed by atoms with Crippen molar-refractivity contribution in [3.05, 3.63) is 32.9 Å². The molecule has 1 fully saturated rings. The van der Waals surface area contributed by atoms with Crippen molar-refractivity contribution >= 4 is 40.3 Å². The average molecular weight is 370 g/mol. The first-order valence-electron chi connectivity index (χ1n) is 6.04. The summed E-state index contributed by atoms with van der Waals surface area (Å²) in [5.74, 6) is -0.836. The summed E-state index contributed by atoms with van der Waals surface area (Å²) >= 11 is 2.16. The zero-order valence-electron chi connectivity index (χ0n) is 10.1. The summed E-state index contributed by atoms with van der Waals surface area (Å²) in [5, 5.41) is 2.30. The lowest BCUT2D eigenvalue weighted by Gasteiger charge is -2.32. The minimum Gasteiger partial charge on any atom is -0.273 e. The van der Waals surface area contributed by atoms with Crippen molar-refractivity contribution in [3.63, 3.8) is 0 Å². The molecule has 98 valence electrons. The van der Waals surface area contributed by atoms with E-state index in [-0.39, 0.29) is 17.7 Å². The van der Waals surface area contributed by atoms with Crippen LogP contribution in [0.15, 0.2) is 18.2 Å². The van der Waals surface area contributed by atoms with Crippen molar-refractivity contribution in [3.8, 4) is 0 Å². The van der Waals surface area contributed by atoms with Crippen LogP contribution in [-0.2, 0) is 16.1 Å². The van der Waals surface area contributed by atoms with Crippen LogP contribution in [-0.4, -0.2) is 27.7 Å². The summed E-state index contributed by atoms with van der Waals surface area (Å²) in [6, 6.07) is 5.45. The first kappa shape index (κ1) is 12.6. The number of piperidine rings is 1. The van der Waals surface area contributed by atoms with Gasteiger partial charge in [0.2, 0.25) is 11.8 Å². The highest BCUT2D eigenvalue weighted by molar-refractivity contribution is 14.1. The molecule has 0 aromatic heterocycles. The summed E-state index contributed by atoms with van der Waals surface area (Å²) in [6.45, 7) is 0.296. The van der Waals surface area contributed by atoms with Gasteiger partial charge in [-0.1, -0.05) is 6.07 Å². The molecule has 3 rings (SSSR count). The summed E-state index contributed by atoms with van der Waals surface area (Å²) in [4.78, 5) is 36.1. The fourth-order valence-electron chi connectivity index (χ4n) is 2.45. The number of amides is 3. The number of imide groups is 1. The summed E-state index contributed by atoms with van der Waals surface area (Å²) in [6.07, 6.45) is 1.21. The van der Waals surface area contributed by atoms with Crippen LogP contribution in [0.5, 0.6) is 0 Å². The van der Waals surface area contributed by atoms with E-state index in [0.717, 1.165) is 14.1 Å². The molecule has 1 aromatic carbocycles. The largest absolute Gasteiger partial charge is 0.273 e. The number of carbonyl (C=O) groups excluding carboxylic acids is 3. The zero-order valence-corrected chi connectivity index (χ0v) is 12.2. The molecule has 3 amide bonds. The number of nitrogens with zero attached hydrogens (tertiary/aromatic N) is 2. The molecule has 0 bridgehead atoms. The van der Waals surface area contributed by atoms with Crippen molar-refractivity contribution in [1.82, 2.24) is 10.0 Å². The van der Waals surface area contributed by atoms with Gasteiger partial charge in [-0.05, 0) is 46.7 Å². The number of hydrogen-bond donors (Lipinski definition) is 0. The SMILES string of the molecule is O=C1c2cccc(I)c2CN1N1C(=O)CCCC1=O. The van der Waals surface area contributed by atoms with Gasteiger partial charge >= 0.3 is 0 Å². The van der Waals surface area contributed by atoms with Gasteiger partial charge in [-0.25, -0.2) is 5.01 Å². The highest BCUT2D eigenvalue weighted by atomic mass is 127. The minimum absolute atomic E-state index is 0.267. The van der Waals surface area contributed by atoms with Crippen LogP contribution in [0.3, 0.4) is 0 Å². The highest BCUT2D eigenvalue weighted by Gasteiger charge is 2.39. The maximum Gasteiger partial charge on any atom is 0.273 e. The molecule has 0 N–H and O–H groups in total. The molecule has 1 saturated heterocycles. The molecule has 0 atom stereocenters. The van der Waals surface area contributed by atoms with Crippen LogP contribution in [0.25, 0.3) is 0 Å². The van der Waals surface area contributed by atoms with Crippen molar-refractivity contribution in [2.75, 3.05) is 0 Å². The third-order valence-corrected chi connectivity index (χ3v) is 4.40. The van der Waals surface area contributed by atoms with E-state index in [1.807, 2.05) is 12.1 Å². The van der Waals surface area contributed by atoms with Crippen LogP contribution in [0.2, 0.25) is 0 Å². The van der Waals surface area contributed by atoms with Crippen LogP contribution in [0.4, 0.5) is 0 Å². The highest BCUT2D eigenvalue weighted by Crippen LogP contribution is 2.29. The van der Waals surface area contributed by atoms with E-state index >= 15 is 0 Å². The molecule has 0 radical (unpaired) electrons. The van der Waals surface area contributed by atoms with Gasteiger partial charge in [-0.15, -0.1) is 0 Å². The first-order chi connectivity index (χ1) is 9.09. The number of benzene rings is 1. The van der Waals surface area contributed by atoms with Gasteiger partial charge in [-0.2, -0.15) is 5.01 Å². The summed E-state index contributed by atoms with van der Waals surface area (Å²) < 4.78 is 0.975. The summed E-state index contributed by atoms with van der Waals surface area (Å²) in [5.41, 5.74) is 1.47. The second kappa shape index (κ2) is 4.59. The second-order valence-corrected chi connectivity index (χ2v) is 5.74. The maximum atomic E-state index is 12.3. The predicted octanol–water partition coefficient (Wildman–Crippen LogP) is 1.70. The number of fused-ring (bicyclic) bond motifs is 1. The fraction of sp³-hybridized carbons (Fsp3) is 0.308. The fourth-order valence-corrected chi connectivity index (χ4v) is 3.12. The van der Waals surface area contributed by atoms with Gasteiger partial charge in [0.05, 0.1) is 6.54 Å². The Labute approximate surface area is 123 Å². The number of carbonyl (C=O) groups is 3. The Balaban J connectivity index is 1.97. The number of hydrazine groups is 1. The molecule has 5 nitrogen and oxygen atoms in total. The lowest BCUT2D eigenvalue weighted by molar-refractivity contribution is -0.163. The van der Waals surface area contributed by atoms with Gasteiger partial charge in [0.25, 0.3) is 5.91 Å². The topological polar surface area (TPSA) is 57.7 Å². The molecular formula is C13H11IN2O3. The molecule has 2 aliphatic rings. The maximum absolute atomic E-state index is 12.3. The van der Waals surface area contributed by atoms with E-state index in [9.17, 15) is 14.4 Å². The van der Waals surface area contributed by atoms with Crippen molar-refractivity contribution < 1.29 is 14.4 Å². The molecule has 0 unspecified atom stereocenters. The third-order valence-electron chi connectivity index (χ3n) is 3.39. The Hall–Kier alpha value is -1.44. The monoisotopic (exact) mass is 370 g/mol. The number of halogens is 1. The Bertz CT molecular complexity index is 584. The molecular weight excluding hydrogens is 359 g/mol. The van der Waals surface area contributed by atoms with E-state index in [1.54, 1.807) is 6.07 Å². The first-order valence-corrected chi connectivity index (χ1v) is 7.12. The van der Waals surface area contributed by atoms with E-state index in [1.165, 1.54) is 5.01 Å². The quantitative estimate of drug-likeness (QED) is 0.559. The van der Waals surface area contributed by atoms with Crippen LogP contribution >= 0.6 is 22.6 Å². The lowest BCUT2D eigenvalue weighted by Crippen LogP contribution is -2.52. The average Bonchev–Trinajstić information content (AvgIpc) is 2.69. The number of rotatable bonds is 1. The van der Waals surface area contributed by atoms with Crippen LogP contribution in [0.1, 0.15) is 35.2 Å². The molecule has 0 spiro atoms. The van der Waals surface area contributed by atoms with Gasteiger partial charge in [0.1, 0.15) is 0 Å². The molecule has 0 saturated carbocycles. The Morgan fingerprint density at radius 2 is 1.74 bits per heavy atom. The molecule has 6 heteroatoms. The van der Waals surface area contributed by atoms with Gasteiger partial charge in [0.15, 0.2) is 0 Å². The van der Waals surface area contributed by atoms with E-state index in [0.29, 0.717) is 31.4 Å². The van der Waals surface area contributed by atoms with Crippen LogP contribution in [0, 0.1) is 3.57 Å². The molecule has 2 aliphatic heterocycles. The Kier molecular flexibility index (Phi) is 3.04. The lowest BCUT2D eigenvalue weighted by atomic mass is 10.1. The third kappa shape index (κ3) is 1.94.